The first-order valence-electron chi connectivity index (χ1n) is 5.84. The molecule has 1 aliphatic carbocycles. The van der Waals surface area contributed by atoms with Crippen LogP contribution < -0.4 is 5.32 Å². The zero-order chi connectivity index (χ0) is 12.5. The Morgan fingerprint density at radius 1 is 1.44 bits per heavy atom. The lowest BCUT2D eigenvalue weighted by Crippen LogP contribution is -2.25. The largest absolute Gasteiger partial charge is 0.301 e. The number of aromatic nitrogens is 1. The van der Waals surface area contributed by atoms with Crippen molar-refractivity contribution in [2.75, 3.05) is 0 Å². The average molecular weight is 283 g/mol. The molecule has 1 N–H and O–H groups in total. The van der Waals surface area contributed by atoms with Crippen molar-refractivity contribution in [3.05, 3.63) is 51.2 Å². The van der Waals surface area contributed by atoms with Crippen LogP contribution in [0, 0.1) is 5.82 Å². The van der Waals surface area contributed by atoms with E-state index in [1.165, 1.54) is 17.4 Å². The number of rotatable bonds is 4. The van der Waals surface area contributed by atoms with Gasteiger partial charge in [-0.2, -0.15) is 0 Å². The number of nitrogens with zero attached hydrogens (tertiary/aromatic N) is 1. The third-order valence-electron chi connectivity index (χ3n) is 2.95. The molecule has 1 aliphatic rings. The van der Waals surface area contributed by atoms with E-state index in [0.29, 0.717) is 16.6 Å². The van der Waals surface area contributed by atoms with Crippen LogP contribution in [0.4, 0.5) is 4.39 Å². The van der Waals surface area contributed by atoms with Gasteiger partial charge in [-0.15, -0.1) is 11.3 Å². The van der Waals surface area contributed by atoms with E-state index in [4.69, 9.17) is 11.6 Å². The van der Waals surface area contributed by atoms with Crippen LogP contribution in [0.5, 0.6) is 0 Å². The highest BCUT2D eigenvalue weighted by atomic mass is 35.5. The summed E-state index contributed by atoms with van der Waals surface area (Å²) in [6.07, 6.45) is 4.05. The van der Waals surface area contributed by atoms with Crippen molar-refractivity contribution in [2.45, 2.75) is 24.9 Å². The van der Waals surface area contributed by atoms with E-state index < -0.39 is 0 Å². The first-order valence-corrected chi connectivity index (χ1v) is 7.10. The van der Waals surface area contributed by atoms with E-state index in [9.17, 15) is 4.39 Å². The number of thiazole rings is 1. The lowest BCUT2D eigenvalue weighted by molar-refractivity contribution is 0.545. The Morgan fingerprint density at radius 2 is 2.28 bits per heavy atom. The van der Waals surface area contributed by atoms with Crippen LogP contribution in [0.15, 0.2) is 29.8 Å². The van der Waals surface area contributed by atoms with E-state index in [2.05, 4.69) is 10.3 Å². The quantitative estimate of drug-likeness (QED) is 0.923. The Balaban J connectivity index is 1.96. The molecule has 94 valence electrons. The minimum Gasteiger partial charge on any atom is -0.301 e. The van der Waals surface area contributed by atoms with Gasteiger partial charge in [0.15, 0.2) is 0 Å². The molecule has 3 rings (SSSR count). The normalized spacial score (nSPS) is 16.8. The molecule has 0 aliphatic heterocycles. The number of benzene rings is 1. The van der Waals surface area contributed by atoms with Crippen LogP contribution in [0.25, 0.3) is 0 Å². The highest BCUT2D eigenvalue weighted by molar-refractivity contribution is 7.09. The second kappa shape index (κ2) is 4.96. The smallest absolute Gasteiger partial charge is 0.129 e. The molecule has 18 heavy (non-hydrogen) atoms. The van der Waals surface area contributed by atoms with Gasteiger partial charge in [0.05, 0.1) is 6.04 Å². The Morgan fingerprint density at radius 3 is 2.89 bits per heavy atom. The van der Waals surface area contributed by atoms with E-state index in [1.807, 2.05) is 5.38 Å². The fraction of sp³-hybridized carbons (Fsp3) is 0.308. The van der Waals surface area contributed by atoms with Gasteiger partial charge < -0.3 is 5.32 Å². The molecule has 1 heterocycles. The second-order valence-corrected chi connectivity index (χ2v) is 5.77. The van der Waals surface area contributed by atoms with Crippen molar-refractivity contribution in [2.24, 2.45) is 0 Å². The maximum Gasteiger partial charge on any atom is 0.129 e. The summed E-state index contributed by atoms with van der Waals surface area (Å²) in [6.45, 7) is 0. The van der Waals surface area contributed by atoms with Gasteiger partial charge in [0.2, 0.25) is 0 Å². The van der Waals surface area contributed by atoms with Gasteiger partial charge in [0.1, 0.15) is 10.8 Å². The third kappa shape index (κ3) is 2.55. The second-order valence-electron chi connectivity index (χ2n) is 4.41. The lowest BCUT2D eigenvalue weighted by atomic mass is 10.1. The van der Waals surface area contributed by atoms with Crippen LogP contribution in [-0.2, 0) is 0 Å². The fourth-order valence-electron chi connectivity index (χ4n) is 1.89. The van der Waals surface area contributed by atoms with E-state index in [0.717, 1.165) is 17.8 Å². The van der Waals surface area contributed by atoms with Crippen LogP contribution in [-0.4, -0.2) is 11.0 Å². The van der Waals surface area contributed by atoms with Crippen LogP contribution in [0.1, 0.15) is 29.5 Å². The summed E-state index contributed by atoms with van der Waals surface area (Å²) in [7, 11) is 0. The summed E-state index contributed by atoms with van der Waals surface area (Å²) < 4.78 is 14.0. The van der Waals surface area contributed by atoms with E-state index in [-0.39, 0.29) is 11.9 Å². The molecule has 1 aromatic carbocycles. The molecule has 0 spiro atoms. The van der Waals surface area contributed by atoms with Crippen molar-refractivity contribution < 1.29 is 4.39 Å². The molecule has 0 radical (unpaired) electrons. The van der Waals surface area contributed by atoms with E-state index >= 15 is 0 Å². The molecule has 2 nitrogen and oxygen atoms in total. The maximum absolute atomic E-state index is 14.0. The average Bonchev–Trinajstić information content (AvgIpc) is 3.00. The molecular weight excluding hydrogens is 271 g/mol. The van der Waals surface area contributed by atoms with Crippen molar-refractivity contribution in [3.63, 3.8) is 0 Å². The maximum atomic E-state index is 14.0. The van der Waals surface area contributed by atoms with Gasteiger partial charge in [-0.05, 0) is 25.0 Å². The van der Waals surface area contributed by atoms with Gasteiger partial charge in [-0.3, -0.25) is 0 Å². The van der Waals surface area contributed by atoms with Crippen molar-refractivity contribution in [1.29, 1.82) is 0 Å². The van der Waals surface area contributed by atoms with Crippen molar-refractivity contribution >= 4 is 22.9 Å². The lowest BCUT2D eigenvalue weighted by Gasteiger charge is -2.17. The highest BCUT2D eigenvalue weighted by Crippen LogP contribution is 2.31. The summed E-state index contributed by atoms with van der Waals surface area (Å²) in [5.74, 6) is -0.282. The van der Waals surface area contributed by atoms with Crippen LogP contribution in [0.3, 0.4) is 0 Å². The molecule has 1 atom stereocenters. The topological polar surface area (TPSA) is 24.9 Å². The number of hydrogen-bond donors (Lipinski definition) is 1. The molecule has 5 heteroatoms. The zero-order valence-electron chi connectivity index (χ0n) is 9.57. The summed E-state index contributed by atoms with van der Waals surface area (Å²) >= 11 is 7.33. The van der Waals surface area contributed by atoms with Gasteiger partial charge in [-0.1, -0.05) is 17.7 Å². The van der Waals surface area contributed by atoms with Gasteiger partial charge in [0.25, 0.3) is 0 Å². The highest BCUT2D eigenvalue weighted by Gasteiger charge is 2.29. The summed E-state index contributed by atoms with van der Waals surface area (Å²) in [6, 6.07) is 5.11. The molecular formula is C13H12ClFN2S. The minimum atomic E-state index is -0.282. The molecule has 1 aromatic heterocycles. The van der Waals surface area contributed by atoms with Crippen LogP contribution >= 0.6 is 22.9 Å². The molecule has 1 fully saturated rings. The van der Waals surface area contributed by atoms with Gasteiger partial charge in [0, 0.05) is 28.2 Å². The predicted molar refractivity (Wildman–Crippen MR) is 71.5 cm³/mol. The van der Waals surface area contributed by atoms with Crippen molar-refractivity contribution in [3.8, 4) is 0 Å². The van der Waals surface area contributed by atoms with Gasteiger partial charge >= 0.3 is 0 Å². The molecule has 0 bridgehead atoms. The molecule has 2 aromatic rings. The Hall–Kier alpha value is -0.970. The van der Waals surface area contributed by atoms with Crippen molar-refractivity contribution in [1.82, 2.24) is 10.3 Å². The Labute approximate surface area is 114 Å². The monoisotopic (exact) mass is 282 g/mol. The SMILES string of the molecule is Fc1cc(Cl)ccc1C(NC1CC1)c1nccs1. The number of hydrogen-bond acceptors (Lipinski definition) is 3. The fourth-order valence-corrected chi connectivity index (χ4v) is 2.77. The zero-order valence-corrected chi connectivity index (χ0v) is 11.1. The minimum absolute atomic E-state index is 0.172. The summed E-state index contributed by atoms with van der Waals surface area (Å²) in [4.78, 5) is 4.29. The Bertz CT molecular complexity index is 540. The summed E-state index contributed by atoms with van der Waals surface area (Å²) in [5, 5.41) is 6.65. The van der Waals surface area contributed by atoms with Gasteiger partial charge in [-0.25, -0.2) is 9.37 Å². The van der Waals surface area contributed by atoms with E-state index in [1.54, 1.807) is 18.3 Å². The molecule has 1 saturated carbocycles. The Kier molecular flexibility index (Phi) is 3.33. The molecule has 1 unspecified atom stereocenters. The molecule has 0 amide bonds. The number of nitrogens with one attached hydrogen (secondary N) is 1. The first kappa shape index (κ1) is 12.1. The standard InChI is InChI=1S/C13H12ClFN2S/c14-8-1-4-10(11(15)7-8)12(17-9-2-3-9)13-16-5-6-18-13/h1,4-7,9,12,17H,2-3H2. The summed E-state index contributed by atoms with van der Waals surface area (Å²) in [5.41, 5.74) is 0.612. The third-order valence-corrected chi connectivity index (χ3v) is 4.03. The first-order chi connectivity index (χ1) is 8.74. The predicted octanol–water partition coefficient (Wildman–Crippen LogP) is 3.78. The van der Waals surface area contributed by atoms with Crippen LogP contribution in [0.2, 0.25) is 5.02 Å². The number of halogens is 2. The molecule has 0 saturated heterocycles.